The molecular formula is C19H20N6O3S. The van der Waals surface area contributed by atoms with E-state index < -0.39 is 10.0 Å². The standard InChI is InChI=1S/C19H20N6O3S/c1-13(26)22-14-3-7-16(8-4-14)25(2)18-11-12-21-19(24-18)23-15-5-9-17(10-6-15)29(20,27)28/h3-12H,1-2H3,(H,22,26)(H2,20,27,28)(H,21,23,24). The van der Waals surface area contributed by atoms with Crippen LogP contribution < -0.4 is 20.7 Å². The maximum atomic E-state index is 11.3. The second-order valence-corrected chi connectivity index (χ2v) is 7.78. The van der Waals surface area contributed by atoms with Gasteiger partial charge in [-0.3, -0.25) is 4.79 Å². The zero-order valence-corrected chi connectivity index (χ0v) is 16.6. The predicted molar refractivity (Wildman–Crippen MR) is 112 cm³/mol. The summed E-state index contributed by atoms with van der Waals surface area (Å²) in [4.78, 5) is 21.7. The first-order chi connectivity index (χ1) is 13.7. The average Bonchev–Trinajstić information content (AvgIpc) is 2.67. The minimum Gasteiger partial charge on any atom is -0.329 e. The second-order valence-electron chi connectivity index (χ2n) is 6.22. The summed E-state index contributed by atoms with van der Waals surface area (Å²) < 4.78 is 22.7. The Morgan fingerprint density at radius 2 is 1.62 bits per heavy atom. The molecule has 0 unspecified atom stereocenters. The van der Waals surface area contributed by atoms with Crippen molar-refractivity contribution in [2.45, 2.75) is 11.8 Å². The van der Waals surface area contributed by atoms with Gasteiger partial charge in [0.05, 0.1) is 4.90 Å². The van der Waals surface area contributed by atoms with Crippen LogP contribution in [0.1, 0.15) is 6.92 Å². The van der Waals surface area contributed by atoms with Gasteiger partial charge in [-0.25, -0.2) is 18.5 Å². The lowest BCUT2D eigenvalue weighted by atomic mass is 10.2. The summed E-state index contributed by atoms with van der Waals surface area (Å²) >= 11 is 0. The fraction of sp³-hybridized carbons (Fsp3) is 0.105. The van der Waals surface area contributed by atoms with Crippen LogP contribution in [-0.2, 0) is 14.8 Å². The van der Waals surface area contributed by atoms with Gasteiger partial charge in [0, 0.05) is 37.2 Å². The number of sulfonamides is 1. The molecule has 0 saturated carbocycles. The topological polar surface area (TPSA) is 130 Å². The molecule has 3 aromatic rings. The molecule has 0 fully saturated rings. The molecule has 0 bridgehead atoms. The molecule has 1 amide bonds. The molecule has 1 aromatic heterocycles. The first-order valence-corrected chi connectivity index (χ1v) is 10.1. The van der Waals surface area contributed by atoms with E-state index in [-0.39, 0.29) is 10.8 Å². The summed E-state index contributed by atoms with van der Waals surface area (Å²) in [5, 5.41) is 10.9. The summed E-state index contributed by atoms with van der Waals surface area (Å²) in [6.45, 7) is 1.46. The van der Waals surface area contributed by atoms with Gasteiger partial charge in [-0.1, -0.05) is 0 Å². The molecule has 0 saturated heterocycles. The third-order valence-electron chi connectivity index (χ3n) is 4.00. The highest BCUT2D eigenvalue weighted by molar-refractivity contribution is 7.89. The summed E-state index contributed by atoms with van der Waals surface area (Å²) in [7, 11) is -1.88. The molecular weight excluding hydrogens is 392 g/mol. The molecule has 3 rings (SSSR count). The van der Waals surface area contributed by atoms with E-state index in [1.807, 2.05) is 24.1 Å². The van der Waals surface area contributed by atoms with E-state index in [1.54, 1.807) is 36.5 Å². The molecule has 0 spiro atoms. The van der Waals surface area contributed by atoms with Crippen molar-refractivity contribution in [2.75, 3.05) is 22.6 Å². The lowest BCUT2D eigenvalue weighted by molar-refractivity contribution is -0.114. The van der Waals surface area contributed by atoms with Crippen molar-refractivity contribution in [3.63, 3.8) is 0 Å². The van der Waals surface area contributed by atoms with Crippen molar-refractivity contribution in [3.8, 4) is 0 Å². The number of hydrogen-bond donors (Lipinski definition) is 3. The lowest BCUT2D eigenvalue weighted by Crippen LogP contribution is -2.13. The van der Waals surface area contributed by atoms with Crippen molar-refractivity contribution in [1.29, 1.82) is 0 Å². The van der Waals surface area contributed by atoms with Crippen LogP contribution in [0, 0.1) is 0 Å². The van der Waals surface area contributed by atoms with Crippen molar-refractivity contribution in [1.82, 2.24) is 9.97 Å². The number of primary sulfonamides is 1. The number of anilines is 5. The Kier molecular flexibility index (Phi) is 5.76. The molecule has 150 valence electrons. The zero-order valence-electron chi connectivity index (χ0n) is 15.8. The van der Waals surface area contributed by atoms with Crippen LogP contribution in [0.3, 0.4) is 0 Å². The highest BCUT2D eigenvalue weighted by Crippen LogP contribution is 2.24. The quantitative estimate of drug-likeness (QED) is 0.567. The smallest absolute Gasteiger partial charge is 0.238 e. The third-order valence-corrected chi connectivity index (χ3v) is 4.93. The third kappa shape index (κ3) is 5.27. The molecule has 9 nitrogen and oxygen atoms in total. The van der Waals surface area contributed by atoms with E-state index in [1.165, 1.54) is 19.1 Å². The molecule has 1 heterocycles. The molecule has 0 aliphatic carbocycles. The van der Waals surface area contributed by atoms with Gasteiger partial charge in [-0.2, -0.15) is 4.98 Å². The Hall–Kier alpha value is -3.50. The van der Waals surface area contributed by atoms with Gasteiger partial charge in [0.2, 0.25) is 21.9 Å². The molecule has 4 N–H and O–H groups in total. The summed E-state index contributed by atoms with van der Waals surface area (Å²) in [6.07, 6.45) is 1.62. The van der Waals surface area contributed by atoms with Gasteiger partial charge < -0.3 is 15.5 Å². The molecule has 10 heteroatoms. The molecule has 2 aromatic carbocycles. The Bertz CT molecular complexity index is 1120. The van der Waals surface area contributed by atoms with Crippen LogP contribution in [0.2, 0.25) is 0 Å². The van der Waals surface area contributed by atoms with Crippen LogP contribution in [0.4, 0.5) is 28.8 Å². The van der Waals surface area contributed by atoms with E-state index in [9.17, 15) is 13.2 Å². The first-order valence-electron chi connectivity index (χ1n) is 8.57. The number of nitrogens with two attached hydrogens (primary N) is 1. The van der Waals surface area contributed by atoms with E-state index in [4.69, 9.17) is 5.14 Å². The number of rotatable bonds is 6. The summed E-state index contributed by atoms with van der Waals surface area (Å²) in [6, 6.07) is 15.1. The first kappa shape index (κ1) is 20.2. The van der Waals surface area contributed by atoms with Crippen molar-refractivity contribution < 1.29 is 13.2 Å². The minimum absolute atomic E-state index is 0.0279. The maximum absolute atomic E-state index is 11.3. The molecule has 0 radical (unpaired) electrons. The number of benzene rings is 2. The maximum Gasteiger partial charge on any atom is 0.238 e. The van der Waals surface area contributed by atoms with Gasteiger partial charge in [-0.05, 0) is 54.6 Å². The monoisotopic (exact) mass is 412 g/mol. The Balaban J connectivity index is 1.75. The highest BCUT2D eigenvalue weighted by Gasteiger charge is 2.09. The van der Waals surface area contributed by atoms with Crippen LogP contribution in [0.15, 0.2) is 65.7 Å². The minimum atomic E-state index is -3.74. The summed E-state index contributed by atoms with van der Waals surface area (Å²) in [5.41, 5.74) is 2.21. The van der Waals surface area contributed by atoms with Crippen LogP contribution in [0.25, 0.3) is 0 Å². The van der Waals surface area contributed by atoms with Crippen LogP contribution >= 0.6 is 0 Å². The Morgan fingerprint density at radius 1 is 1.00 bits per heavy atom. The van der Waals surface area contributed by atoms with Crippen LogP contribution in [-0.4, -0.2) is 31.3 Å². The van der Waals surface area contributed by atoms with Gasteiger partial charge in [-0.15, -0.1) is 0 Å². The van der Waals surface area contributed by atoms with E-state index in [0.717, 1.165) is 5.69 Å². The number of hydrogen-bond acceptors (Lipinski definition) is 7. The van der Waals surface area contributed by atoms with Gasteiger partial charge in [0.15, 0.2) is 0 Å². The number of nitrogens with zero attached hydrogens (tertiary/aromatic N) is 3. The summed E-state index contributed by atoms with van der Waals surface area (Å²) in [5.74, 6) is 0.873. The fourth-order valence-corrected chi connectivity index (χ4v) is 3.07. The predicted octanol–water partition coefficient (Wildman–Crippen LogP) is 2.59. The zero-order chi connectivity index (χ0) is 21.0. The molecule has 0 aliphatic heterocycles. The molecule has 29 heavy (non-hydrogen) atoms. The van der Waals surface area contributed by atoms with E-state index in [0.29, 0.717) is 23.1 Å². The number of amides is 1. The number of carbonyl (C=O) groups is 1. The normalized spacial score (nSPS) is 11.0. The van der Waals surface area contributed by atoms with Gasteiger partial charge in [0.1, 0.15) is 5.82 Å². The number of carbonyl (C=O) groups excluding carboxylic acids is 1. The Labute approximate surface area is 168 Å². The second kappa shape index (κ2) is 8.25. The average molecular weight is 412 g/mol. The van der Waals surface area contributed by atoms with E-state index >= 15 is 0 Å². The van der Waals surface area contributed by atoms with Crippen molar-refractivity contribution in [3.05, 3.63) is 60.8 Å². The number of aromatic nitrogens is 2. The molecule has 0 atom stereocenters. The van der Waals surface area contributed by atoms with E-state index in [2.05, 4.69) is 20.6 Å². The fourth-order valence-electron chi connectivity index (χ4n) is 2.56. The van der Waals surface area contributed by atoms with Crippen molar-refractivity contribution >= 4 is 44.8 Å². The Morgan fingerprint density at radius 3 is 2.21 bits per heavy atom. The van der Waals surface area contributed by atoms with Crippen LogP contribution in [0.5, 0.6) is 0 Å². The largest absolute Gasteiger partial charge is 0.329 e. The van der Waals surface area contributed by atoms with Crippen molar-refractivity contribution in [2.24, 2.45) is 5.14 Å². The SMILES string of the molecule is CC(=O)Nc1ccc(N(C)c2ccnc(Nc3ccc(S(N)(=O)=O)cc3)n2)cc1. The van der Waals surface area contributed by atoms with Gasteiger partial charge in [0.25, 0.3) is 0 Å². The van der Waals surface area contributed by atoms with Gasteiger partial charge >= 0.3 is 0 Å². The molecule has 0 aliphatic rings. The highest BCUT2D eigenvalue weighted by atomic mass is 32.2. The lowest BCUT2D eigenvalue weighted by Gasteiger charge is -2.19. The number of nitrogens with one attached hydrogen (secondary N) is 2.